The molecule has 422 valence electrons. The summed E-state index contributed by atoms with van der Waals surface area (Å²) in [5.41, 5.74) is 29.5. The van der Waals surface area contributed by atoms with Gasteiger partial charge in [-0.05, 0) is 164 Å². The van der Waals surface area contributed by atoms with Gasteiger partial charge in [-0.2, -0.15) is 0 Å². The highest BCUT2D eigenvalue weighted by Gasteiger charge is 2.46. The number of fused-ring (bicyclic) bond motifs is 7. The minimum absolute atomic E-state index is 0.102. The van der Waals surface area contributed by atoms with E-state index in [-0.39, 0.29) is 17.5 Å². The molecule has 0 saturated heterocycles. The fourth-order valence-corrected chi connectivity index (χ4v) is 13.9. The summed E-state index contributed by atoms with van der Waals surface area (Å²) in [7, 11) is 0. The van der Waals surface area contributed by atoms with E-state index in [9.17, 15) is 0 Å². The molecule has 12 aromatic rings. The second-order valence-corrected chi connectivity index (χ2v) is 26.2. The van der Waals surface area contributed by atoms with Crippen molar-refractivity contribution >= 4 is 79.0 Å². The number of aromatic nitrogens is 1. The van der Waals surface area contributed by atoms with E-state index in [4.69, 9.17) is 0 Å². The molecule has 3 nitrogen and oxygen atoms in total. The third kappa shape index (κ3) is 9.55. The maximum absolute atomic E-state index is 2.75. The molecule has 14 rings (SSSR count). The van der Waals surface area contributed by atoms with Crippen molar-refractivity contribution < 1.29 is 0 Å². The van der Waals surface area contributed by atoms with Crippen LogP contribution in [0.25, 0.3) is 72.0 Å². The van der Waals surface area contributed by atoms with Gasteiger partial charge in [0.2, 0.25) is 0 Å². The third-order valence-electron chi connectivity index (χ3n) is 18.4. The molecule has 0 atom stereocenters. The van der Waals surface area contributed by atoms with Crippen molar-refractivity contribution in [3.05, 3.63) is 265 Å². The van der Waals surface area contributed by atoms with Gasteiger partial charge in [-0.3, -0.25) is 0 Å². The number of benzene rings is 11. The summed E-state index contributed by atoms with van der Waals surface area (Å²) in [6, 6.07) is 93.1. The van der Waals surface area contributed by atoms with Crippen molar-refractivity contribution in [3.63, 3.8) is 0 Å². The summed E-state index contributed by atoms with van der Waals surface area (Å²) < 4.78 is 2.51. The largest absolute Gasteiger partial charge is 0.310 e. The Bertz CT molecular complexity index is 4330. The molecule has 0 fully saturated rings. The first kappa shape index (κ1) is 54.8. The Kier molecular flexibility index (Phi) is 14.1. The quantitative estimate of drug-likeness (QED) is 0.107. The van der Waals surface area contributed by atoms with Gasteiger partial charge in [0.15, 0.2) is 0 Å². The summed E-state index contributed by atoms with van der Waals surface area (Å²) in [5, 5.41) is 2.51. The summed E-state index contributed by atoms with van der Waals surface area (Å²) >= 11 is 0. The van der Waals surface area contributed by atoms with E-state index in [0.717, 1.165) is 44.2 Å². The van der Waals surface area contributed by atoms with E-state index >= 15 is 0 Å². The number of nitrogens with zero attached hydrogens (tertiary/aromatic N) is 3. The van der Waals surface area contributed by atoms with Crippen LogP contribution in [0.5, 0.6) is 0 Å². The molecule has 2 aliphatic rings. The van der Waals surface area contributed by atoms with Gasteiger partial charge < -0.3 is 14.4 Å². The molecular weight excluding hydrogens is 1040 g/mol. The van der Waals surface area contributed by atoms with Crippen molar-refractivity contribution in [2.45, 2.75) is 105 Å². The number of para-hydroxylation sites is 2. The Morgan fingerprint density at radius 2 is 0.756 bits per heavy atom. The lowest BCUT2D eigenvalue weighted by Crippen LogP contribution is -2.61. The fraction of sp³-hybridized carbons (Fsp3) is 0.195. The van der Waals surface area contributed by atoms with E-state index < -0.39 is 0 Å². The fourth-order valence-electron chi connectivity index (χ4n) is 13.9. The van der Waals surface area contributed by atoms with Crippen LogP contribution in [0.4, 0.5) is 34.1 Å². The molecule has 0 radical (unpaired) electrons. The molecular formula is C82H76BN3. The van der Waals surface area contributed by atoms with Crippen LogP contribution in [0.15, 0.2) is 243 Å². The van der Waals surface area contributed by atoms with Crippen LogP contribution >= 0.6 is 0 Å². The molecule has 0 amide bonds. The average Bonchev–Trinajstić information content (AvgIpc) is 0.788. The molecule has 3 heterocycles. The summed E-state index contributed by atoms with van der Waals surface area (Å²) in [6.45, 7) is 18.7. The molecule has 4 heteroatoms. The predicted octanol–water partition coefficient (Wildman–Crippen LogP) is 20.8. The smallest absolute Gasteiger partial charge is 0.252 e. The van der Waals surface area contributed by atoms with Crippen molar-refractivity contribution in [1.82, 2.24) is 4.57 Å². The van der Waals surface area contributed by atoms with E-state index in [0.29, 0.717) is 0 Å². The van der Waals surface area contributed by atoms with E-state index in [1.54, 1.807) is 0 Å². The summed E-state index contributed by atoms with van der Waals surface area (Å²) in [4.78, 5) is 5.48. The topological polar surface area (TPSA) is 11.4 Å². The zero-order valence-electron chi connectivity index (χ0n) is 51.3. The van der Waals surface area contributed by atoms with Gasteiger partial charge in [-0.15, -0.1) is 0 Å². The second-order valence-electron chi connectivity index (χ2n) is 26.2. The molecule has 11 aromatic carbocycles. The lowest BCUT2D eigenvalue weighted by Gasteiger charge is -2.46. The van der Waals surface area contributed by atoms with Crippen molar-refractivity contribution in [1.29, 1.82) is 0 Å². The van der Waals surface area contributed by atoms with Gasteiger partial charge >= 0.3 is 0 Å². The number of hydrogen-bond donors (Lipinski definition) is 0. The van der Waals surface area contributed by atoms with Crippen LogP contribution in [-0.4, -0.2) is 11.3 Å². The number of unbranched alkanes of at least 4 members (excludes halogenated alkanes) is 2. The maximum atomic E-state index is 2.75. The number of anilines is 6. The van der Waals surface area contributed by atoms with Gasteiger partial charge in [0.1, 0.15) is 0 Å². The van der Waals surface area contributed by atoms with Crippen LogP contribution < -0.4 is 26.2 Å². The first-order chi connectivity index (χ1) is 41.9. The molecule has 0 N–H and O–H groups in total. The summed E-state index contributed by atoms with van der Waals surface area (Å²) in [6.07, 6.45) is 6.38. The molecule has 0 unspecified atom stereocenters. The SMILES string of the molecule is CCCCc1ccc2c(c1)B1c3ccc(-n4c5ccccc5c5ccccc54)cc3N(c3c(-c4ccccc4)cc(C(C)(C)C)cc3-c3ccccc3)c3cc(CCCC)cc(c31)N2c1c(-c2ccccc2)cc(C(C)(C)C)cc1-c1ccccc1. The van der Waals surface area contributed by atoms with E-state index in [2.05, 4.69) is 312 Å². The van der Waals surface area contributed by atoms with Crippen molar-refractivity contribution in [2.75, 3.05) is 9.80 Å². The number of hydrogen-bond acceptors (Lipinski definition) is 2. The number of rotatable bonds is 13. The van der Waals surface area contributed by atoms with Crippen LogP contribution in [0.1, 0.15) is 103 Å². The molecule has 86 heavy (non-hydrogen) atoms. The number of aryl methyl sites for hydroxylation is 2. The maximum Gasteiger partial charge on any atom is 0.252 e. The molecule has 0 bridgehead atoms. The highest BCUT2D eigenvalue weighted by Crippen LogP contribution is 2.55. The lowest BCUT2D eigenvalue weighted by atomic mass is 9.33. The van der Waals surface area contributed by atoms with E-state index in [1.165, 1.54) is 139 Å². The highest BCUT2D eigenvalue weighted by molar-refractivity contribution is 7.00. The Hall–Kier alpha value is -9.12. The zero-order valence-corrected chi connectivity index (χ0v) is 51.3. The Labute approximate surface area is 510 Å². The standard InChI is InChI=1S/C82H76BN3/c1-9-11-29-55-43-46-74-71(47-55)83-70-45-44-63(84-72-41-27-25-39-64(72)65-40-26-28-42-73(65)84)54-75(70)86(80-68(59-35-21-15-22-36-59)52-62(82(6,7)8)53-69(80)60-37-23-16-24-38-60)77-49-56(30-12-10-2)48-76(78(77)83)85(74)79-66(57-31-17-13-18-32-57)50-61(81(3,4)5)51-67(79)58-33-19-14-20-34-58/h13-28,31-54H,9-12,29-30H2,1-8H3. The lowest BCUT2D eigenvalue weighted by molar-refractivity contribution is 0.590. The molecule has 1 aromatic heterocycles. The third-order valence-corrected chi connectivity index (χ3v) is 18.4. The first-order valence-corrected chi connectivity index (χ1v) is 31.5. The molecule has 0 aliphatic carbocycles. The molecule has 0 spiro atoms. The second kappa shape index (κ2) is 22.1. The normalized spacial score (nSPS) is 12.9. The van der Waals surface area contributed by atoms with Gasteiger partial charge in [0, 0.05) is 61.5 Å². The van der Waals surface area contributed by atoms with Crippen LogP contribution in [0.3, 0.4) is 0 Å². The minimum atomic E-state index is -0.144. The Morgan fingerprint density at radius 3 is 1.19 bits per heavy atom. The summed E-state index contributed by atoms with van der Waals surface area (Å²) in [5.74, 6) is 0. The van der Waals surface area contributed by atoms with Gasteiger partial charge in [-0.25, -0.2) is 0 Å². The van der Waals surface area contributed by atoms with E-state index in [1.807, 2.05) is 0 Å². The zero-order chi connectivity index (χ0) is 58.8. The van der Waals surface area contributed by atoms with Crippen LogP contribution in [0, 0.1) is 0 Å². The van der Waals surface area contributed by atoms with Crippen molar-refractivity contribution in [2.24, 2.45) is 0 Å². The van der Waals surface area contributed by atoms with Gasteiger partial charge in [0.25, 0.3) is 6.71 Å². The van der Waals surface area contributed by atoms with Gasteiger partial charge in [-0.1, -0.05) is 244 Å². The highest BCUT2D eigenvalue weighted by atomic mass is 15.2. The minimum Gasteiger partial charge on any atom is -0.310 e. The molecule has 0 saturated carbocycles. The van der Waals surface area contributed by atoms with Crippen LogP contribution in [-0.2, 0) is 23.7 Å². The Balaban J connectivity index is 1.18. The predicted molar refractivity (Wildman–Crippen MR) is 371 cm³/mol. The van der Waals surface area contributed by atoms with Crippen molar-refractivity contribution in [3.8, 4) is 50.2 Å². The average molecular weight is 1110 g/mol. The Morgan fingerprint density at radius 1 is 0.349 bits per heavy atom. The molecule has 2 aliphatic heterocycles. The van der Waals surface area contributed by atoms with Crippen LogP contribution in [0.2, 0.25) is 0 Å². The first-order valence-electron chi connectivity index (χ1n) is 31.5. The van der Waals surface area contributed by atoms with Gasteiger partial charge in [0.05, 0.1) is 22.4 Å². The monoisotopic (exact) mass is 1110 g/mol.